The van der Waals surface area contributed by atoms with Crippen molar-refractivity contribution in [1.82, 2.24) is 10.6 Å². The van der Waals surface area contributed by atoms with Gasteiger partial charge in [-0.05, 0) is 41.9 Å². The van der Waals surface area contributed by atoms with E-state index in [9.17, 15) is 9.59 Å². The van der Waals surface area contributed by atoms with Gasteiger partial charge in [-0.25, -0.2) is 0 Å². The molecule has 0 spiro atoms. The highest BCUT2D eigenvalue weighted by molar-refractivity contribution is 5.97. The number of hydrogen-bond acceptors (Lipinski definition) is 2. The van der Waals surface area contributed by atoms with E-state index in [0.29, 0.717) is 12.1 Å². The molecule has 5 nitrogen and oxygen atoms in total. The summed E-state index contributed by atoms with van der Waals surface area (Å²) in [5.74, 6) is -0.275. The Hall–Kier alpha value is -1.88. The van der Waals surface area contributed by atoms with Crippen LogP contribution in [0.3, 0.4) is 0 Å². The molecular formula is C25H42N3O2+. The monoisotopic (exact) mass is 416 g/mol. The van der Waals surface area contributed by atoms with Crippen molar-refractivity contribution in [2.75, 3.05) is 20.6 Å². The number of hydrogen-bond donors (Lipinski definition) is 3. The molecule has 30 heavy (non-hydrogen) atoms. The Kier molecular flexibility index (Phi) is 8.09. The lowest BCUT2D eigenvalue weighted by Gasteiger charge is -2.40. The van der Waals surface area contributed by atoms with E-state index in [1.165, 1.54) is 29.7 Å². The van der Waals surface area contributed by atoms with Gasteiger partial charge in [-0.3, -0.25) is 9.59 Å². The molecule has 0 unspecified atom stereocenters. The van der Waals surface area contributed by atoms with E-state index in [4.69, 9.17) is 0 Å². The fourth-order valence-corrected chi connectivity index (χ4v) is 4.33. The van der Waals surface area contributed by atoms with Gasteiger partial charge in [0, 0.05) is 18.4 Å². The summed E-state index contributed by atoms with van der Waals surface area (Å²) in [5, 5.41) is 6.13. The molecule has 2 rings (SSSR count). The molecule has 1 saturated carbocycles. The minimum atomic E-state index is -0.544. The van der Waals surface area contributed by atoms with Gasteiger partial charge in [0.25, 0.3) is 5.91 Å². The van der Waals surface area contributed by atoms with Gasteiger partial charge in [0.05, 0.1) is 20.6 Å². The van der Waals surface area contributed by atoms with Crippen LogP contribution in [-0.2, 0) is 10.2 Å². The third-order valence-electron chi connectivity index (χ3n) is 6.72. The minimum absolute atomic E-state index is 0.0109. The van der Waals surface area contributed by atoms with Gasteiger partial charge < -0.3 is 15.5 Å². The summed E-state index contributed by atoms with van der Waals surface area (Å²) in [6, 6.07) is 7.13. The maximum absolute atomic E-state index is 13.0. The lowest BCUT2D eigenvalue weighted by atomic mass is 9.80. The zero-order valence-corrected chi connectivity index (χ0v) is 20.0. The van der Waals surface area contributed by atoms with Crippen LogP contribution in [0.1, 0.15) is 82.6 Å². The Morgan fingerprint density at radius 3 is 2.07 bits per heavy atom. The van der Waals surface area contributed by atoms with Crippen molar-refractivity contribution in [2.24, 2.45) is 5.92 Å². The van der Waals surface area contributed by atoms with E-state index in [2.05, 4.69) is 45.5 Å². The standard InChI is InChI=1S/C25H41N3O2/c1-18(2)21(23(30)26-17-25(28(6)7)15-9-8-10-16-25)27-22(29)19-11-13-20(14-12-19)24(3,4)5/h11-14,18,21H,8-10,15-17H2,1-7H3,(H,26,30)(H,27,29)/p+1/t21-/m1/s1. The molecule has 1 atom stereocenters. The summed E-state index contributed by atoms with van der Waals surface area (Å²) < 4.78 is 0. The number of benzene rings is 1. The number of nitrogens with one attached hydrogen (secondary N) is 3. The number of amides is 2. The van der Waals surface area contributed by atoms with Crippen molar-refractivity contribution < 1.29 is 14.5 Å². The molecule has 0 heterocycles. The van der Waals surface area contributed by atoms with Crippen LogP contribution in [0, 0.1) is 5.92 Å². The van der Waals surface area contributed by atoms with Crippen LogP contribution in [0.25, 0.3) is 0 Å². The van der Waals surface area contributed by atoms with Crippen molar-refractivity contribution in [3.63, 3.8) is 0 Å². The number of likely N-dealkylation sites (N-methyl/N-ethyl adjacent to an activating group) is 1. The molecular weight excluding hydrogens is 374 g/mol. The molecule has 1 aliphatic rings. The highest BCUT2D eigenvalue weighted by atomic mass is 16.2. The first-order valence-corrected chi connectivity index (χ1v) is 11.5. The second kappa shape index (κ2) is 9.95. The number of carbonyl (C=O) groups is 2. The van der Waals surface area contributed by atoms with Crippen LogP contribution in [0.2, 0.25) is 0 Å². The number of rotatable bonds is 7. The topological polar surface area (TPSA) is 62.6 Å². The summed E-state index contributed by atoms with van der Waals surface area (Å²) >= 11 is 0. The Labute approximate surface area is 183 Å². The highest BCUT2D eigenvalue weighted by Gasteiger charge is 2.39. The van der Waals surface area contributed by atoms with E-state index in [0.717, 1.165) is 12.8 Å². The van der Waals surface area contributed by atoms with E-state index in [1.807, 2.05) is 38.1 Å². The third-order valence-corrected chi connectivity index (χ3v) is 6.72. The second-order valence-corrected chi connectivity index (χ2v) is 10.6. The van der Waals surface area contributed by atoms with Gasteiger partial charge in [0.1, 0.15) is 11.6 Å². The maximum Gasteiger partial charge on any atom is 0.251 e. The Morgan fingerprint density at radius 1 is 1.03 bits per heavy atom. The predicted octanol–water partition coefficient (Wildman–Crippen LogP) is 2.70. The average Bonchev–Trinajstić information content (AvgIpc) is 2.69. The van der Waals surface area contributed by atoms with Crippen LogP contribution in [0.4, 0.5) is 0 Å². The highest BCUT2D eigenvalue weighted by Crippen LogP contribution is 2.25. The van der Waals surface area contributed by atoms with Crippen LogP contribution < -0.4 is 15.5 Å². The molecule has 1 aromatic carbocycles. The van der Waals surface area contributed by atoms with Crippen LogP contribution in [0.5, 0.6) is 0 Å². The Balaban J connectivity index is 2.04. The maximum atomic E-state index is 13.0. The predicted molar refractivity (Wildman–Crippen MR) is 123 cm³/mol. The van der Waals surface area contributed by atoms with Crippen molar-refractivity contribution in [3.05, 3.63) is 35.4 Å². The van der Waals surface area contributed by atoms with Gasteiger partial charge in [-0.2, -0.15) is 0 Å². The number of carbonyl (C=O) groups excluding carboxylic acids is 2. The number of quaternary nitrogens is 1. The molecule has 1 aromatic rings. The molecule has 0 aliphatic heterocycles. The smallest absolute Gasteiger partial charge is 0.251 e. The Bertz CT molecular complexity index is 711. The van der Waals surface area contributed by atoms with Crippen LogP contribution in [-0.4, -0.2) is 44.0 Å². The molecule has 3 N–H and O–H groups in total. The minimum Gasteiger partial charge on any atom is -0.348 e. The summed E-state index contributed by atoms with van der Waals surface area (Å²) in [7, 11) is 4.36. The molecule has 168 valence electrons. The molecule has 0 bridgehead atoms. The van der Waals surface area contributed by atoms with Gasteiger partial charge in [0.2, 0.25) is 5.91 Å². The molecule has 2 amide bonds. The quantitative estimate of drug-likeness (QED) is 0.640. The van der Waals surface area contributed by atoms with Crippen LogP contribution >= 0.6 is 0 Å². The van der Waals surface area contributed by atoms with Gasteiger partial charge in [0.15, 0.2) is 0 Å². The largest absolute Gasteiger partial charge is 0.348 e. The first-order valence-electron chi connectivity index (χ1n) is 11.5. The van der Waals surface area contributed by atoms with Crippen molar-refractivity contribution >= 4 is 11.8 Å². The van der Waals surface area contributed by atoms with Crippen molar-refractivity contribution in [2.45, 2.75) is 83.7 Å². The van der Waals surface area contributed by atoms with E-state index >= 15 is 0 Å². The van der Waals surface area contributed by atoms with Crippen molar-refractivity contribution in [3.8, 4) is 0 Å². The molecule has 5 heteroatoms. The van der Waals surface area contributed by atoms with Gasteiger partial charge in [-0.1, -0.05) is 53.2 Å². The molecule has 1 fully saturated rings. The fourth-order valence-electron chi connectivity index (χ4n) is 4.33. The third kappa shape index (κ3) is 6.07. The molecule has 0 radical (unpaired) electrons. The zero-order valence-electron chi connectivity index (χ0n) is 20.0. The van der Waals surface area contributed by atoms with E-state index in [-0.39, 0.29) is 28.7 Å². The summed E-state index contributed by atoms with van der Waals surface area (Å²) in [5.41, 5.74) is 1.91. The van der Waals surface area contributed by atoms with Crippen molar-refractivity contribution in [1.29, 1.82) is 0 Å². The van der Waals surface area contributed by atoms with E-state index in [1.54, 1.807) is 0 Å². The van der Waals surface area contributed by atoms with Gasteiger partial charge in [-0.15, -0.1) is 0 Å². The second-order valence-electron chi connectivity index (χ2n) is 10.6. The summed E-state index contributed by atoms with van der Waals surface area (Å²) in [4.78, 5) is 27.2. The molecule has 0 aromatic heterocycles. The lowest BCUT2D eigenvalue weighted by molar-refractivity contribution is -0.916. The van der Waals surface area contributed by atoms with Crippen LogP contribution in [0.15, 0.2) is 24.3 Å². The molecule has 0 saturated heterocycles. The zero-order chi connectivity index (χ0) is 22.5. The fraction of sp³-hybridized carbons (Fsp3) is 0.680. The summed E-state index contributed by atoms with van der Waals surface area (Å²) in [6.45, 7) is 11.1. The summed E-state index contributed by atoms with van der Waals surface area (Å²) in [6.07, 6.45) is 5.98. The first-order chi connectivity index (χ1) is 14.0. The lowest BCUT2D eigenvalue weighted by Crippen LogP contribution is -3.16. The van der Waals surface area contributed by atoms with Gasteiger partial charge >= 0.3 is 0 Å². The average molecular weight is 417 g/mol. The molecule has 1 aliphatic carbocycles. The van der Waals surface area contributed by atoms with E-state index < -0.39 is 6.04 Å². The first kappa shape index (κ1) is 24.4. The SMILES string of the molecule is CC(C)[C@@H](NC(=O)c1ccc(C(C)(C)C)cc1)C(=O)NCC1([NH+](C)C)CCCCC1. The normalized spacial score (nSPS) is 17.6. The Morgan fingerprint density at radius 2 is 1.60 bits per heavy atom.